The lowest BCUT2D eigenvalue weighted by Gasteiger charge is -2.13. The highest BCUT2D eigenvalue weighted by Crippen LogP contribution is 2.11. The van der Waals surface area contributed by atoms with Crippen molar-refractivity contribution in [3.05, 3.63) is 0 Å². The van der Waals surface area contributed by atoms with Crippen LogP contribution in [0.15, 0.2) is 0 Å². The lowest BCUT2D eigenvalue weighted by molar-refractivity contribution is -0.149. The summed E-state index contributed by atoms with van der Waals surface area (Å²) in [4.78, 5) is 22.7. The summed E-state index contributed by atoms with van der Waals surface area (Å²) >= 11 is 0. The van der Waals surface area contributed by atoms with Crippen LogP contribution in [0.2, 0.25) is 0 Å². The van der Waals surface area contributed by atoms with Gasteiger partial charge in [0.2, 0.25) is 0 Å². The highest BCUT2D eigenvalue weighted by Gasteiger charge is 2.16. The van der Waals surface area contributed by atoms with Crippen LogP contribution in [0.5, 0.6) is 0 Å². The van der Waals surface area contributed by atoms with E-state index in [0.29, 0.717) is 12.5 Å². The van der Waals surface area contributed by atoms with Crippen LogP contribution in [0.3, 0.4) is 0 Å². The second kappa shape index (κ2) is 8.09. The summed E-state index contributed by atoms with van der Waals surface area (Å²) in [5.41, 5.74) is 0. The Balaban J connectivity index is 3.81. The number of carbonyl (C=O) groups excluding carboxylic acids is 2. The van der Waals surface area contributed by atoms with Crippen molar-refractivity contribution < 1.29 is 19.1 Å². The van der Waals surface area contributed by atoms with Crippen molar-refractivity contribution in [2.45, 2.75) is 53.6 Å². The molecule has 0 spiro atoms. The monoisotopic (exact) mass is 244 g/mol. The Morgan fingerprint density at radius 3 is 1.94 bits per heavy atom. The molecule has 4 nitrogen and oxygen atoms in total. The first-order chi connectivity index (χ1) is 7.81. The number of hydrogen-bond acceptors (Lipinski definition) is 4. The van der Waals surface area contributed by atoms with Gasteiger partial charge >= 0.3 is 11.9 Å². The number of rotatable bonds is 7. The number of carbonyl (C=O) groups is 2. The molecule has 0 N–H and O–H groups in total. The number of esters is 2. The van der Waals surface area contributed by atoms with E-state index in [1.54, 1.807) is 13.8 Å². The average molecular weight is 244 g/mol. The van der Waals surface area contributed by atoms with Crippen LogP contribution in [-0.2, 0) is 19.1 Å². The van der Waals surface area contributed by atoms with Crippen LogP contribution < -0.4 is 0 Å². The molecule has 0 heterocycles. The standard InChI is InChI=1S/C13H24O4/c1-9(2)8-16-12(14)6-11(5)7-13(15)17-10(3)4/h9-11H,6-8H2,1-5H3. The topological polar surface area (TPSA) is 52.6 Å². The fourth-order valence-corrected chi connectivity index (χ4v) is 1.27. The van der Waals surface area contributed by atoms with E-state index in [9.17, 15) is 9.59 Å². The van der Waals surface area contributed by atoms with E-state index in [1.165, 1.54) is 0 Å². The van der Waals surface area contributed by atoms with E-state index in [0.717, 1.165) is 0 Å². The second-order valence-corrected chi connectivity index (χ2v) is 5.13. The van der Waals surface area contributed by atoms with Crippen LogP contribution in [0.4, 0.5) is 0 Å². The molecule has 0 saturated heterocycles. The van der Waals surface area contributed by atoms with E-state index in [4.69, 9.17) is 9.47 Å². The minimum absolute atomic E-state index is 0.0408. The third kappa shape index (κ3) is 9.85. The van der Waals surface area contributed by atoms with Gasteiger partial charge in [-0.1, -0.05) is 20.8 Å². The molecular weight excluding hydrogens is 220 g/mol. The average Bonchev–Trinajstić information content (AvgIpc) is 2.12. The first-order valence-electron chi connectivity index (χ1n) is 6.16. The SMILES string of the molecule is CC(C)COC(=O)CC(C)CC(=O)OC(C)C. The van der Waals surface area contributed by atoms with Gasteiger partial charge in [0.25, 0.3) is 0 Å². The molecule has 0 saturated carbocycles. The third-order valence-corrected chi connectivity index (χ3v) is 1.98. The van der Waals surface area contributed by atoms with Gasteiger partial charge in [-0.2, -0.15) is 0 Å². The maximum atomic E-state index is 11.4. The van der Waals surface area contributed by atoms with Crippen molar-refractivity contribution in [3.63, 3.8) is 0 Å². The molecule has 1 unspecified atom stereocenters. The van der Waals surface area contributed by atoms with Gasteiger partial charge < -0.3 is 9.47 Å². The van der Waals surface area contributed by atoms with Gasteiger partial charge in [0.1, 0.15) is 0 Å². The summed E-state index contributed by atoms with van der Waals surface area (Å²) in [6.07, 6.45) is 0.414. The molecule has 4 heteroatoms. The van der Waals surface area contributed by atoms with E-state index in [-0.39, 0.29) is 36.8 Å². The van der Waals surface area contributed by atoms with Crippen molar-refractivity contribution in [3.8, 4) is 0 Å². The van der Waals surface area contributed by atoms with Crippen LogP contribution in [0.1, 0.15) is 47.5 Å². The van der Waals surface area contributed by atoms with Crippen molar-refractivity contribution in [2.24, 2.45) is 11.8 Å². The van der Waals surface area contributed by atoms with Crippen LogP contribution >= 0.6 is 0 Å². The van der Waals surface area contributed by atoms with Gasteiger partial charge in [0, 0.05) is 12.8 Å². The molecule has 0 fully saturated rings. The fourth-order valence-electron chi connectivity index (χ4n) is 1.27. The molecule has 0 rings (SSSR count). The van der Waals surface area contributed by atoms with Gasteiger partial charge in [-0.15, -0.1) is 0 Å². The summed E-state index contributed by atoms with van der Waals surface area (Å²) in [5.74, 6) is -0.214. The predicted molar refractivity (Wildman–Crippen MR) is 65.4 cm³/mol. The van der Waals surface area contributed by atoms with Gasteiger partial charge in [-0.25, -0.2) is 0 Å². The van der Waals surface area contributed by atoms with Crippen molar-refractivity contribution in [1.82, 2.24) is 0 Å². The Kier molecular flexibility index (Phi) is 7.59. The molecule has 0 radical (unpaired) electrons. The van der Waals surface area contributed by atoms with E-state index >= 15 is 0 Å². The van der Waals surface area contributed by atoms with Gasteiger partial charge in [0.15, 0.2) is 0 Å². The van der Waals surface area contributed by atoms with Gasteiger partial charge in [-0.05, 0) is 25.7 Å². The smallest absolute Gasteiger partial charge is 0.306 e. The molecule has 0 aliphatic heterocycles. The maximum Gasteiger partial charge on any atom is 0.306 e. The van der Waals surface area contributed by atoms with E-state index in [2.05, 4.69) is 0 Å². The van der Waals surface area contributed by atoms with Crippen molar-refractivity contribution in [2.75, 3.05) is 6.61 Å². The Morgan fingerprint density at radius 2 is 1.47 bits per heavy atom. The Bertz CT molecular complexity index is 246. The van der Waals surface area contributed by atoms with Gasteiger partial charge in [0.05, 0.1) is 12.7 Å². The van der Waals surface area contributed by atoms with Gasteiger partial charge in [-0.3, -0.25) is 9.59 Å². The Labute approximate surface area is 104 Å². The minimum atomic E-state index is -0.260. The second-order valence-electron chi connectivity index (χ2n) is 5.13. The Hall–Kier alpha value is -1.06. The molecule has 1 atom stereocenters. The fraction of sp³-hybridized carbons (Fsp3) is 0.846. The first kappa shape index (κ1) is 15.9. The lowest BCUT2D eigenvalue weighted by atomic mass is 10.0. The predicted octanol–water partition coefficient (Wildman–Crippen LogP) is 2.55. The molecule has 0 aliphatic rings. The summed E-state index contributed by atoms with van der Waals surface area (Å²) < 4.78 is 10.1. The third-order valence-electron chi connectivity index (χ3n) is 1.98. The summed E-state index contributed by atoms with van der Waals surface area (Å²) in [6, 6.07) is 0. The van der Waals surface area contributed by atoms with Crippen molar-refractivity contribution in [1.29, 1.82) is 0 Å². The molecular formula is C13H24O4. The molecule has 100 valence electrons. The summed E-state index contributed by atoms with van der Waals surface area (Å²) in [5, 5.41) is 0. The largest absolute Gasteiger partial charge is 0.465 e. The lowest BCUT2D eigenvalue weighted by Crippen LogP contribution is -2.18. The van der Waals surface area contributed by atoms with Crippen molar-refractivity contribution >= 4 is 11.9 Å². The zero-order chi connectivity index (χ0) is 13.4. The molecule has 0 aliphatic carbocycles. The molecule has 0 amide bonds. The zero-order valence-electron chi connectivity index (χ0n) is 11.5. The van der Waals surface area contributed by atoms with Crippen LogP contribution in [0, 0.1) is 11.8 Å². The summed E-state index contributed by atoms with van der Waals surface area (Å²) in [7, 11) is 0. The van der Waals surface area contributed by atoms with Crippen LogP contribution in [0.25, 0.3) is 0 Å². The highest BCUT2D eigenvalue weighted by atomic mass is 16.5. The summed E-state index contributed by atoms with van der Waals surface area (Å²) in [6.45, 7) is 9.85. The normalized spacial score (nSPS) is 12.6. The zero-order valence-corrected chi connectivity index (χ0v) is 11.5. The molecule has 0 aromatic carbocycles. The molecule has 0 bridgehead atoms. The minimum Gasteiger partial charge on any atom is -0.465 e. The van der Waals surface area contributed by atoms with E-state index in [1.807, 2.05) is 20.8 Å². The highest BCUT2D eigenvalue weighted by molar-refractivity contribution is 5.73. The number of ether oxygens (including phenoxy) is 2. The molecule has 0 aromatic rings. The molecule has 17 heavy (non-hydrogen) atoms. The maximum absolute atomic E-state index is 11.4. The molecule has 0 aromatic heterocycles. The quantitative estimate of drug-likeness (QED) is 0.646. The van der Waals surface area contributed by atoms with E-state index < -0.39 is 0 Å². The van der Waals surface area contributed by atoms with Crippen LogP contribution in [-0.4, -0.2) is 24.6 Å². The first-order valence-corrected chi connectivity index (χ1v) is 6.16. The Morgan fingerprint density at radius 1 is 0.941 bits per heavy atom. The number of hydrogen-bond donors (Lipinski definition) is 0.